The molecule has 1 fully saturated rings. The van der Waals surface area contributed by atoms with Crippen LogP contribution in [0.15, 0.2) is 48.2 Å². The molecule has 0 atom stereocenters. The minimum atomic E-state index is -0.556. The fraction of sp³-hybridized carbons (Fsp3) is 0.0588. The second-order valence-corrected chi connectivity index (χ2v) is 5.48. The minimum Gasteiger partial charge on any atom is -0.504 e. The number of phenolic OH excluding ortho intramolecular Hbond substituents is 1. The number of nitrogens with one attached hydrogen (secondary N) is 1. The molecule has 3 amide bonds. The zero-order valence-electron chi connectivity index (χ0n) is 12.6. The molecule has 122 valence electrons. The van der Waals surface area contributed by atoms with Crippen molar-refractivity contribution in [3.8, 4) is 11.5 Å². The molecule has 1 aliphatic rings. The van der Waals surface area contributed by atoms with Gasteiger partial charge in [-0.1, -0.05) is 23.7 Å². The molecule has 0 aromatic heterocycles. The van der Waals surface area contributed by atoms with Gasteiger partial charge in [0.15, 0.2) is 11.5 Å². The molecule has 2 N–H and O–H groups in total. The second kappa shape index (κ2) is 6.25. The third-order valence-corrected chi connectivity index (χ3v) is 3.69. The summed E-state index contributed by atoms with van der Waals surface area (Å²) in [7, 11) is 1.43. The van der Waals surface area contributed by atoms with E-state index in [0.29, 0.717) is 16.3 Å². The highest BCUT2D eigenvalue weighted by molar-refractivity contribution is 6.32. The third-order valence-electron chi connectivity index (χ3n) is 3.46. The van der Waals surface area contributed by atoms with Gasteiger partial charge in [0.25, 0.3) is 5.91 Å². The van der Waals surface area contributed by atoms with Gasteiger partial charge < -0.3 is 15.2 Å². The minimum absolute atomic E-state index is 0.0120. The molecule has 0 saturated carbocycles. The molecule has 7 heteroatoms. The summed E-state index contributed by atoms with van der Waals surface area (Å²) in [6, 6.07) is 10.5. The number of phenols is 1. The molecule has 3 rings (SSSR count). The fourth-order valence-electron chi connectivity index (χ4n) is 2.34. The summed E-state index contributed by atoms with van der Waals surface area (Å²) in [5.74, 6) is -0.232. The highest BCUT2D eigenvalue weighted by Crippen LogP contribution is 2.29. The molecule has 0 radical (unpaired) electrons. The average Bonchev–Trinajstić information content (AvgIpc) is 2.83. The Hall–Kier alpha value is -2.99. The summed E-state index contributed by atoms with van der Waals surface area (Å²) in [6.45, 7) is 0. The van der Waals surface area contributed by atoms with Gasteiger partial charge in [-0.05, 0) is 42.0 Å². The summed E-state index contributed by atoms with van der Waals surface area (Å²) in [5, 5.41) is 12.6. The van der Waals surface area contributed by atoms with Crippen LogP contribution in [0, 0.1) is 0 Å². The highest BCUT2D eigenvalue weighted by atomic mass is 35.5. The number of urea groups is 1. The van der Waals surface area contributed by atoms with Crippen molar-refractivity contribution in [1.29, 1.82) is 0 Å². The number of methoxy groups -OCH3 is 1. The maximum absolute atomic E-state index is 12.5. The van der Waals surface area contributed by atoms with Crippen molar-refractivity contribution in [3.05, 3.63) is 58.7 Å². The molecular formula is C17H13ClN2O4. The van der Waals surface area contributed by atoms with Gasteiger partial charge in [0.1, 0.15) is 5.70 Å². The number of hydrogen-bond donors (Lipinski definition) is 2. The lowest BCUT2D eigenvalue weighted by atomic mass is 10.1. The van der Waals surface area contributed by atoms with E-state index < -0.39 is 11.9 Å². The van der Waals surface area contributed by atoms with E-state index in [-0.39, 0.29) is 17.2 Å². The largest absolute Gasteiger partial charge is 0.504 e. The molecule has 2 aromatic carbocycles. The van der Waals surface area contributed by atoms with Gasteiger partial charge in [-0.2, -0.15) is 0 Å². The number of carbonyl (C=O) groups is 2. The Morgan fingerprint density at radius 3 is 2.71 bits per heavy atom. The average molecular weight is 345 g/mol. The van der Waals surface area contributed by atoms with Crippen LogP contribution >= 0.6 is 11.6 Å². The number of rotatable bonds is 3. The molecule has 0 spiro atoms. The van der Waals surface area contributed by atoms with Crippen LogP contribution in [0.2, 0.25) is 5.02 Å². The molecule has 24 heavy (non-hydrogen) atoms. The Morgan fingerprint density at radius 2 is 2.00 bits per heavy atom. The predicted octanol–water partition coefficient (Wildman–Crippen LogP) is 3.15. The quantitative estimate of drug-likeness (QED) is 0.662. The first-order valence-electron chi connectivity index (χ1n) is 6.99. The van der Waals surface area contributed by atoms with Crippen LogP contribution in [0.1, 0.15) is 5.56 Å². The van der Waals surface area contributed by atoms with Crippen LogP contribution in [0.4, 0.5) is 10.5 Å². The van der Waals surface area contributed by atoms with E-state index in [9.17, 15) is 14.7 Å². The summed E-state index contributed by atoms with van der Waals surface area (Å²) < 4.78 is 5.03. The maximum Gasteiger partial charge on any atom is 0.333 e. The number of hydrogen-bond acceptors (Lipinski definition) is 4. The van der Waals surface area contributed by atoms with E-state index in [4.69, 9.17) is 16.3 Å². The summed E-state index contributed by atoms with van der Waals surface area (Å²) in [4.78, 5) is 25.6. The number of aromatic hydroxyl groups is 1. The van der Waals surface area contributed by atoms with E-state index in [0.717, 1.165) is 4.90 Å². The molecule has 1 aliphatic heterocycles. The van der Waals surface area contributed by atoms with Crippen molar-refractivity contribution >= 4 is 35.3 Å². The van der Waals surface area contributed by atoms with Gasteiger partial charge in [-0.3, -0.25) is 4.79 Å². The van der Waals surface area contributed by atoms with Crippen LogP contribution in [0.5, 0.6) is 11.5 Å². The van der Waals surface area contributed by atoms with E-state index in [1.807, 2.05) is 0 Å². The predicted molar refractivity (Wildman–Crippen MR) is 90.1 cm³/mol. The van der Waals surface area contributed by atoms with Gasteiger partial charge in [0, 0.05) is 5.02 Å². The monoisotopic (exact) mass is 344 g/mol. The van der Waals surface area contributed by atoms with Crippen molar-refractivity contribution in [2.75, 3.05) is 12.0 Å². The number of imide groups is 1. The molecular weight excluding hydrogens is 332 g/mol. The smallest absolute Gasteiger partial charge is 0.333 e. The lowest BCUT2D eigenvalue weighted by Gasteiger charge is -2.11. The molecule has 6 nitrogen and oxygen atoms in total. The first-order chi connectivity index (χ1) is 11.5. The standard InChI is InChI=1S/C17H13ClN2O4/c1-24-15-8-10(5-6-14(15)21)7-13-16(22)20(17(23)19-13)12-4-2-3-11(18)9-12/h2-9,21H,1H3,(H,19,23). The fourth-order valence-corrected chi connectivity index (χ4v) is 2.52. The summed E-state index contributed by atoms with van der Waals surface area (Å²) in [5.41, 5.74) is 1.10. The summed E-state index contributed by atoms with van der Waals surface area (Å²) in [6.07, 6.45) is 1.51. The topological polar surface area (TPSA) is 78.9 Å². The summed E-state index contributed by atoms with van der Waals surface area (Å²) >= 11 is 5.91. The van der Waals surface area contributed by atoms with Crippen LogP contribution in [-0.2, 0) is 4.79 Å². The van der Waals surface area contributed by atoms with E-state index in [1.165, 1.54) is 25.3 Å². The van der Waals surface area contributed by atoms with Crippen LogP contribution in [0.3, 0.4) is 0 Å². The van der Waals surface area contributed by atoms with Crippen molar-refractivity contribution in [2.24, 2.45) is 0 Å². The van der Waals surface area contributed by atoms with Crippen LogP contribution in [-0.4, -0.2) is 24.2 Å². The van der Waals surface area contributed by atoms with Gasteiger partial charge in [-0.15, -0.1) is 0 Å². The Bertz CT molecular complexity index is 863. The third kappa shape index (κ3) is 2.91. The van der Waals surface area contributed by atoms with Gasteiger partial charge >= 0.3 is 6.03 Å². The molecule has 1 saturated heterocycles. The number of carbonyl (C=O) groups excluding carboxylic acids is 2. The number of halogens is 1. The van der Waals surface area contributed by atoms with E-state index in [2.05, 4.69) is 5.32 Å². The zero-order valence-corrected chi connectivity index (χ0v) is 13.4. The van der Waals surface area contributed by atoms with Gasteiger partial charge in [-0.25, -0.2) is 9.69 Å². The van der Waals surface area contributed by atoms with Crippen LogP contribution < -0.4 is 15.0 Å². The SMILES string of the molecule is COc1cc(C=C2NC(=O)N(c3cccc(Cl)c3)C2=O)ccc1O. The maximum atomic E-state index is 12.5. The Morgan fingerprint density at radius 1 is 1.21 bits per heavy atom. The number of benzene rings is 2. The highest BCUT2D eigenvalue weighted by Gasteiger charge is 2.34. The van der Waals surface area contributed by atoms with Crippen molar-refractivity contribution < 1.29 is 19.4 Å². The molecule has 0 aliphatic carbocycles. The Labute approximate surface area is 142 Å². The normalized spacial score (nSPS) is 15.8. The number of nitrogens with zero attached hydrogens (tertiary/aromatic N) is 1. The Kier molecular flexibility index (Phi) is 4.14. The lowest BCUT2D eigenvalue weighted by molar-refractivity contribution is -0.113. The molecule has 2 aromatic rings. The number of ether oxygens (including phenoxy) is 1. The first kappa shape index (κ1) is 15.9. The van der Waals surface area contributed by atoms with Gasteiger partial charge in [0.2, 0.25) is 0 Å². The molecule has 1 heterocycles. The number of amides is 3. The van der Waals surface area contributed by atoms with Crippen LogP contribution in [0.25, 0.3) is 6.08 Å². The van der Waals surface area contributed by atoms with Crippen molar-refractivity contribution in [3.63, 3.8) is 0 Å². The van der Waals surface area contributed by atoms with Crippen molar-refractivity contribution in [2.45, 2.75) is 0 Å². The molecule has 0 bridgehead atoms. The molecule has 0 unspecified atom stereocenters. The lowest BCUT2D eigenvalue weighted by Crippen LogP contribution is -2.30. The Balaban J connectivity index is 1.94. The number of anilines is 1. The van der Waals surface area contributed by atoms with Gasteiger partial charge in [0.05, 0.1) is 12.8 Å². The van der Waals surface area contributed by atoms with E-state index in [1.54, 1.807) is 30.3 Å². The first-order valence-corrected chi connectivity index (χ1v) is 7.37. The van der Waals surface area contributed by atoms with E-state index >= 15 is 0 Å². The zero-order chi connectivity index (χ0) is 17.3. The second-order valence-electron chi connectivity index (χ2n) is 5.04. The van der Waals surface area contributed by atoms with Crippen molar-refractivity contribution in [1.82, 2.24) is 5.32 Å².